The molecule has 0 unspecified atom stereocenters. The van der Waals surface area contributed by atoms with Crippen LogP contribution in [0.5, 0.6) is 0 Å². The summed E-state index contributed by atoms with van der Waals surface area (Å²) in [6.07, 6.45) is 7.45. The van der Waals surface area contributed by atoms with Gasteiger partial charge in [0.1, 0.15) is 5.03 Å². The second-order valence-electron chi connectivity index (χ2n) is 4.67. The molecular weight excluding hydrogens is 228 g/mol. The summed E-state index contributed by atoms with van der Waals surface area (Å²) in [6.45, 7) is 2.85. The lowest BCUT2D eigenvalue weighted by Gasteiger charge is -2.18. The number of rotatable bonds is 5. The van der Waals surface area contributed by atoms with Gasteiger partial charge in [-0.1, -0.05) is 19.4 Å². The summed E-state index contributed by atoms with van der Waals surface area (Å²) in [5.41, 5.74) is 9.84. The number of aromatic nitrogens is 1. The molecule has 17 heavy (non-hydrogen) atoms. The molecule has 3 heteroatoms. The Labute approximate surface area is 108 Å². The van der Waals surface area contributed by atoms with E-state index in [-0.39, 0.29) is 0 Å². The van der Waals surface area contributed by atoms with Gasteiger partial charge in [0.25, 0.3) is 0 Å². The van der Waals surface area contributed by atoms with Crippen LogP contribution >= 0.6 is 11.8 Å². The predicted molar refractivity (Wildman–Crippen MR) is 74.4 cm³/mol. The van der Waals surface area contributed by atoms with E-state index in [4.69, 9.17) is 10.7 Å². The number of aryl methyl sites for hydroxylation is 2. The van der Waals surface area contributed by atoms with Gasteiger partial charge in [-0.05, 0) is 49.0 Å². The summed E-state index contributed by atoms with van der Waals surface area (Å²) < 4.78 is 0. The minimum Gasteiger partial charge on any atom is -0.326 e. The van der Waals surface area contributed by atoms with Gasteiger partial charge in [-0.2, -0.15) is 0 Å². The van der Waals surface area contributed by atoms with Crippen LogP contribution in [0.25, 0.3) is 0 Å². The van der Waals surface area contributed by atoms with E-state index in [1.165, 1.54) is 54.0 Å². The van der Waals surface area contributed by atoms with Crippen LogP contribution in [0, 0.1) is 0 Å². The highest BCUT2D eigenvalue weighted by Crippen LogP contribution is 2.27. The lowest BCUT2D eigenvalue weighted by Crippen LogP contribution is -2.10. The molecule has 2 nitrogen and oxygen atoms in total. The molecule has 0 bridgehead atoms. The molecule has 0 saturated carbocycles. The standard InChI is InChI=1S/C14H22N2S/c1-2-3-8-17-14-12(10-15)9-11-6-4-5-7-13(11)16-14/h9H,2-8,10,15H2,1H3. The van der Waals surface area contributed by atoms with Gasteiger partial charge in [-0.15, -0.1) is 11.8 Å². The summed E-state index contributed by atoms with van der Waals surface area (Å²) in [5.74, 6) is 1.16. The molecule has 0 radical (unpaired) electrons. The van der Waals surface area contributed by atoms with Crippen LogP contribution in [0.4, 0.5) is 0 Å². The van der Waals surface area contributed by atoms with Crippen molar-refractivity contribution in [2.75, 3.05) is 5.75 Å². The van der Waals surface area contributed by atoms with Crippen molar-refractivity contribution in [2.24, 2.45) is 5.73 Å². The molecule has 0 spiro atoms. The molecule has 1 heterocycles. The van der Waals surface area contributed by atoms with Crippen LogP contribution in [0.15, 0.2) is 11.1 Å². The van der Waals surface area contributed by atoms with Gasteiger partial charge in [0.2, 0.25) is 0 Å². The summed E-state index contributed by atoms with van der Waals surface area (Å²) in [6, 6.07) is 2.30. The molecular formula is C14H22N2S. The third-order valence-corrected chi connectivity index (χ3v) is 4.42. The Morgan fingerprint density at radius 2 is 2.18 bits per heavy atom. The third-order valence-electron chi connectivity index (χ3n) is 3.30. The number of pyridine rings is 1. The fraction of sp³-hybridized carbons (Fsp3) is 0.643. The lowest BCUT2D eigenvalue weighted by atomic mass is 9.95. The molecule has 0 saturated heterocycles. The first kappa shape index (κ1) is 12.9. The Morgan fingerprint density at radius 3 is 2.94 bits per heavy atom. The van der Waals surface area contributed by atoms with E-state index < -0.39 is 0 Å². The van der Waals surface area contributed by atoms with E-state index in [2.05, 4.69) is 13.0 Å². The van der Waals surface area contributed by atoms with Crippen LogP contribution in [0.1, 0.15) is 49.4 Å². The minimum atomic E-state index is 0.620. The molecule has 1 aromatic rings. The van der Waals surface area contributed by atoms with Crippen molar-refractivity contribution in [3.05, 3.63) is 22.9 Å². The highest BCUT2D eigenvalue weighted by atomic mass is 32.2. The maximum atomic E-state index is 5.83. The molecule has 0 amide bonds. The van der Waals surface area contributed by atoms with Crippen LogP contribution in [0.2, 0.25) is 0 Å². The zero-order valence-corrected chi connectivity index (χ0v) is 11.5. The average molecular weight is 250 g/mol. The maximum absolute atomic E-state index is 5.83. The van der Waals surface area contributed by atoms with Crippen molar-refractivity contribution < 1.29 is 0 Å². The number of hydrogen-bond acceptors (Lipinski definition) is 3. The lowest BCUT2D eigenvalue weighted by molar-refractivity contribution is 0.656. The van der Waals surface area contributed by atoms with Crippen molar-refractivity contribution in [2.45, 2.75) is 57.0 Å². The molecule has 1 aliphatic carbocycles. The van der Waals surface area contributed by atoms with Gasteiger partial charge < -0.3 is 5.73 Å². The topological polar surface area (TPSA) is 38.9 Å². The molecule has 0 aromatic carbocycles. The first-order chi connectivity index (χ1) is 8.35. The molecule has 0 atom stereocenters. The SMILES string of the molecule is CCCCSc1nc2c(cc1CN)CCCC2. The number of fused-ring (bicyclic) bond motifs is 1. The number of nitrogens with zero attached hydrogens (tertiary/aromatic N) is 1. The van der Waals surface area contributed by atoms with E-state index in [0.29, 0.717) is 6.54 Å². The van der Waals surface area contributed by atoms with E-state index in [1.54, 1.807) is 0 Å². The molecule has 0 fully saturated rings. The van der Waals surface area contributed by atoms with Crippen molar-refractivity contribution in [3.63, 3.8) is 0 Å². The Bertz CT molecular complexity index is 377. The zero-order valence-electron chi connectivity index (χ0n) is 10.7. The normalized spacial score (nSPS) is 14.7. The fourth-order valence-corrected chi connectivity index (χ4v) is 3.38. The highest BCUT2D eigenvalue weighted by Gasteiger charge is 2.14. The van der Waals surface area contributed by atoms with Crippen LogP contribution in [0.3, 0.4) is 0 Å². The van der Waals surface area contributed by atoms with E-state index in [9.17, 15) is 0 Å². The summed E-state index contributed by atoms with van der Waals surface area (Å²) in [5, 5.41) is 1.18. The van der Waals surface area contributed by atoms with Crippen LogP contribution < -0.4 is 5.73 Å². The monoisotopic (exact) mass is 250 g/mol. The Balaban J connectivity index is 2.17. The zero-order chi connectivity index (χ0) is 12.1. The quantitative estimate of drug-likeness (QED) is 0.643. The third kappa shape index (κ3) is 3.23. The van der Waals surface area contributed by atoms with Crippen molar-refractivity contribution >= 4 is 11.8 Å². The first-order valence-corrected chi connectivity index (χ1v) is 7.68. The molecule has 2 N–H and O–H groups in total. The number of hydrogen-bond donors (Lipinski definition) is 1. The van der Waals surface area contributed by atoms with Gasteiger partial charge in [0.15, 0.2) is 0 Å². The van der Waals surface area contributed by atoms with E-state index >= 15 is 0 Å². The molecule has 1 aliphatic rings. The second kappa shape index (κ2) is 6.41. The Kier molecular flexibility index (Phi) is 4.86. The van der Waals surface area contributed by atoms with Gasteiger partial charge in [0, 0.05) is 12.2 Å². The van der Waals surface area contributed by atoms with Crippen molar-refractivity contribution in [3.8, 4) is 0 Å². The largest absolute Gasteiger partial charge is 0.326 e. The molecule has 2 rings (SSSR count). The van der Waals surface area contributed by atoms with Crippen LogP contribution in [-0.4, -0.2) is 10.7 Å². The Morgan fingerprint density at radius 1 is 1.35 bits per heavy atom. The van der Waals surface area contributed by atoms with E-state index in [1.807, 2.05) is 11.8 Å². The van der Waals surface area contributed by atoms with Gasteiger partial charge in [-0.3, -0.25) is 0 Å². The van der Waals surface area contributed by atoms with Gasteiger partial charge >= 0.3 is 0 Å². The number of unbranched alkanes of at least 4 members (excludes halogenated alkanes) is 1. The Hall–Kier alpha value is -0.540. The number of thioether (sulfide) groups is 1. The fourth-order valence-electron chi connectivity index (χ4n) is 2.25. The van der Waals surface area contributed by atoms with Gasteiger partial charge in [-0.25, -0.2) is 4.98 Å². The smallest absolute Gasteiger partial charge is 0.101 e. The predicted octanol–water partition coefficient (Wildman–Crippen LogP) is 3.31. The summed E-state index contributed by atoms with van der Waals surface area (Å²) in [7, 11) is 0. The maximum Gasteiger partial charge on any atom is 0.101 e. The van der Waals surface area contributed by atoms with Crippen molar-refractivity contribution in [1.82, 2.24) is 4.98 Å². The second-order valence-corrected chi connectivity index (χ2v) is 5.76. The highest BCUT2D eigenvalue weighted by molar-refractivity contribution is 7.99. The minimum absolute atomic E-state index is 0.620. The first-order valence-electron chi connectivity index (χ1n) is 6.69. The molecule has 0 aliphatic heterocycles. The average Bonchev–Trinajstić information content (AvgIpc) is 2.38. The van der Waals surface area contributed by atoms with Crippen molar-refractivity contribution in [1.29, 1.82) is 0 Å². The number of nitrogens with two attached hydrogens (primary N) is 1. The molecule has 94 valence electrons. The van der Waals surface area contributed by atoms with Gasteiger partial charge in [0.05, 0.1) is 0 Å². The van der Waals surface area contributed by atoms with E-state index in [0.717, 1.165) is 12.2 Å². The molecule has 1 aromatic heterocycles. The summed E-state index contributed by atoms with van der Waals surface area (Å²) in [4.78, 5) is 4.84. The van der Waals surface area contributed by atoms with Crippen LogP contribution in [-0.2, 0) is 19.4 Å². The summed E-state index contributed by atoms with van der Waals surface area (Å²) >= 11 is 1.88.